The topological polar surface area (TPSA) is 149 Å². The Morgan fingerprint density at radius 1 is 1.12 bits per heavy atom. The minimum absolute atomic E-state index is 0.0278. The van der Waals surface area contributed by atoms with Crippen LogP contribution in [0.3, 0.4) is 0 Å². The van der Waals surface area contributed by atoms with E-state index in [2.05, 4.69) is 40.2 Å². The molecule has 0 aliphatic rings. The smallest absolute Gasteiger partial charge is 0.258 e. The largest absolute Gasteiger partial charge is 0.274 e. The van der Waals surface area contributed by atoms with Gasteiger partial charge in [-0.05, 0) is 24.2 Å². The fraction of sp³-hybridized carbons (Fsp3) is 0.231. The maximum absolute atomic E-state index is 11.2. The molecule has 1 aromatic carbocycles. The lowest BCUT2D eigenvalue weighted by atomic mass is 10.2. The van der Waals surface area contributed by atoms with E-state index in [1.165, 1.54) is 11.1 Å². The Morgan fingerprint density at radius 2 is 1.84 bits per heavy atom. The summed E-state index contributed by atoms with van der Waals surface area (Å²) in [7, 11) is 0. The predicted octanol–water partition coefficient (Wildman–Crippen LogP) is 2.68. The molecule has 12 heteroatoms. The number of rotatable bonds is 6. The van der Waals surface area contributed by atoms with Gasteiger partial charge in [-0.3, -0.25) is 10.1 Å². The normalized spacial score (nSPS) is 11.1. The summed E-state index contributed by atoms with van der Waals surface area (Å²) in [6, 6.07) is 6.30. The predicted molar refractivity (Wildman–Crippen MR) is 81.9 cm³/mol. The number of anilines is 1. The summed E-state index contributed by atoms with van der Waals surface area (Å²) < 4.78 is 9.23. The average molecular weight is 344 g/mol. The lowest BCUT2D eigenvalue weighted by molar-refractivity contribution is -0.385. The molecule has 0 bridgehead atoms. The van der Waals surface area contributed by atoms with E-state index < -0.39 is 4.92 Å². The highest BCUT2D eigenvalue weighted by atomic mass is 16.6. The molecule has 0 spiro atoms. The zero-order valence-electron chi connectivity index (χ0n) is 13.2. The van der Waals surface area contributed by atoms with Crippen LogP contribution in [0.1, 0.15) is 17.0 Å². The number of hydrogen-bond donors (Lipinski definition) is 0. The van der Waals surface area contributed by atoms with Crippen molar-refractivity contribution >= 4 is 17.3 Å². The van der Waals surface area contributed by atoms with Crippen molar-refractivity contribution in [1.29, 1.82) is 0 Å². The summed E-state index contributed by atoms with van der Waals surface area (Å²) in [5.74, 6) is 0.456. The zero-order valence-corrected chi connectivity index (χ0v) is 13.2. The fourth-order valence-corrected chi connectivity index (χ4v) is 2.01. The van der Waals surface area contributed by atoms with Gasteiger partial charge in [0.25, 0.3) is 5.69 Å². The lowest BCUT2D eigenvalue weighted by Crippen LogP contribution is -2.17. The second-order valence-electron chi connectivity index (χ2n) is 4.98. The summed E-state index contributed by atoms with van der Waals surface area (Å²) in [6.45, 7) is 3.34. The molecule has 0 saturated carbocycles. The molecule has 0 aliphatic carbocycles. The van der Waals surface area contributed by atoms with Crippen LogP contribution < -0.4 is 5.01 Å². The SMILES string of the molecule is Cc1nonc1N=NN(Cc1ccccc1[N+](=O)[O-])c1nonc1C. The van der Waals surface area contributed by atoms with E-state index in [0.29, 0.717) is 17.0 Å². The molecule has 3 aromatic rings. The molecule has 0 N–H and O–H groups in total. The van der Waals surface area contributed by atoms with E-state index in [0.717, 1.165) is 0 Å². The number of aromatic nitrogens is 4. The number of benzene rings is 1. The van der Waals surface area contributed by atoms with Gasteiger partial charge in [0.1, 0.15) is 11.4 Å². The summed E-state index contributed by atoms with van der Waals surface area (Å²) in [6.07, 6.45) is 0. The Kier molecular flexibility index (Phi) is 4.41. The highest BCUT2D eigenvalue weighted by Crippen LogP contribution is 2.25. The third kappa shape index (κ3) is 3.46. The number of nitro groups is 1. The Morgan fingerprint density at radius 3 is 2.48 bits per heavy atom. The molecule has 0 fully saturated rings. The van der Waals surface area contributed by atoms with Crippen LogP contribution in [0.4, 0.5) is 17.3 Å². The third-order valence-corrected chi connectivity index (χ3v) is 3.26. The van der Waals surface area contributed by atoms with E-state index in [1.807, 2.05) is 0 Å². The molecular weight excluding hydrogens is 332 g/mol. The number of para-hydroxylation sites is 1. The van der Waals surface area contributed by atoms with E-state index in [1.54, 1.807) is 32.0 Å². The van der Waals surface area contributed by atoms with Crippen LogP contribution in [0.5, 0.6) is 0 Å². The molecular formula is C13H12N8O4. The van der Waals surface area contributed by atoms with Gasteiger partial charge >= 0.3 is 0 Å². The Labute approximate surface area is 140 Å². The standard InChI is InChI=1S/C13H12N8O4/c1-8-12(17-24-15-8)14-19-20(13-9(2)16-25-18-13)7-10-5-3-4-6-11(10)21(22)23/h3-6H,7H2,1-2H3. The van der Waals surface area contributed by atoms with Crippen molar-refractivity contribution in [2.75, 3.05) is 5.01 Å². The first-order valence-corrected chi connectivity index (χ1v) is 7.06. The third-order valence-electron chi connectivity index (χ3n) is 3.26. The first-order chi connectivity index (χ1) is 12.1. The van der Waals surface area contributed by atoms with Gasteiger partial charge in [0.05, 0.1) is 17.0 Å². The van der Waals surface area contributed by atoms with Crippen LogP contribution in [0, 0.1) is 24.0 Å². The number of aryl methyl sites for hydroxylation is 2. The Balaban J connectivity index is 1.95. The lowest BCUT2D eigenvalue weighted by Gasteiger charge is -2.14. The van der Waals surface area contributed by atoms with Crippen molar-refractivity contribution in [1.82, 2.24) is 20.6 Å². The summed E-state index contributed by atoms with van der Waals surface area (Å²) in [5, 5.41) is 35.2. The van der Waals surface area contributed by atoms with Gasteiger partial charge < -0.3 is 0 Å². The summed E-state index contributed by atoms with van der Waals surface area (Å²) in [4.78, 5) is 10.7. The molecule has 0 aliphatic heterocycles. The van der Waals surface area contributed by atoms with Gasteiger partial charge in [0, 0.05) is 6.07 Å². The summed E-state index contributed by atoms with van der Waals surface area (Å²) >= 11 is 0. The molecule has 0 saturated heterocycles. The molecule has 2 aromatic heterocycles. The van der Waals surface area contributed by atoms with Crippen molar-refractivity contribution in [3.05, 3.63) is 51.3 Å². The van der Waals surface area contributed by atoms with Gasteiger partial charge in [-0.25, -0.2) is 14.3 Å². The molecule has 0 atom stereocenters. The van der Waals surface area contributed by atoms with E-state index in [4.69, 9.17) is 0 Å². The summed E-state index contributed by atoms with van der Waals surface area (Å²) in [5.41, 5.74) is 1.27. The number of hydrogen-bond acceptors (Lipinski definition) is 10. The van der Waals surface area contributed by atoms with Crippen molar-refractivity contribution < 1.29 is 14.2 Å². The molecule has 12 nitrogen and oxygen atoms in total. The highest BCUT2D eigenvalue weighted by Gasteiger charge is 2.20. The van der Waals surface area contributed by atoms with Gasteiger partial charge in [-0.15, -0.1) is 5.11 Å². The van der Waals surface area contributed by atoms with Crippen LogP contribution in [0.15, 0.2) is 43.9 Å². The second-order valence-corrected chi connectivity index (χ2v) is 4.98. The molecule has 3 rings (SSSR count). The van der Waals surface area contributed by atoms with Crippen molar-refractivity contribution in [2.24, 2.45) is 10.3 Å². The van der Waals surface area contributed by atoms with E-state index in [-0.39, 0.29) is 23.9 Å². The van der Waals surface area contributed by atoms with Gasteiger partial charge in [0.2, 0.25) is 11.6 Å². The Hall–Kier alpha value is -3.70. The second kappa shape index (κ2) is 6.82. The molecule has 0 radical (unpaired) electrons. The van der Waals surface area contributed by atoms with Crippen LogP contribution >= 0.6 is 0 Å². The van der Waals surface area contributed by atoms with Gasteiger partial charge in [-0.2, -0.15) is 0 Å². The van der Waals surface area contributed by atoms with Crippen LogP contribution in [0.2, 0.25) is 0 Å². The number of nitrogens with zero attached hydrogens (tertiary/aromatic N) is 8. The fourth-order valence-electron chi connectivity index (χ4n) is 2.01. The first-order valence-electron chi connectivity index (χ1n) is 7.06. The van der Waals surface area contributed by atoms with Crippen LogP contribution in [-0.4, -0.2) is 25.5 Å². The van der Waals surface area contributed by atoms with Crippen LogP contribution in [0.25, 0.3) is 0 Å². The molecule has 2 heterocycles. The van der Waals surface area contributed by atoms with Gasteiger partial charge in [0.15, 0.2) is 0 Å². The Bertz CT molecular complexity index is 918. The quantitative estimate of drug-likeness (QED) is 0.373. The minimum Gasteiger partial charge on any atom is -0.258 e. The average Bonchev–Trinajstić information content (AvgIpc) is 3.20. The van der Waals surface area contributed by atoms with Crippen molar-refractivity contribution in [2.45, 2.75) is 20.4 Å². The molecule has 0 unspecified atom stereocenters. The monoisotopic (exact) mass is 344 g/mol. The maximum Gasteiger partial charge on any atom is 0.274 e. The van der Waals surface area contributed by atoms with Crippen molar-refractivity contribution in [3.8, 4) is 0 Å². The zero-order chi connectivity index (χ0) is 17.8. The van der Waals surface area contributed by atoms with Crippen molar-refractivity contribution in [3.63, 3.8) is 0 Å². The van der Waals surface area contributed by atoms with E-state index in [9.17, 15) is 10.1 Å². The first kappa shape index (κ1) is 16.2. The van der Waals surface area contributed by atoms with E-state index >= 15 is 0 Å². The highest BCUT2D eigenvalue weighted by molar-refractivity contribution is 5.46. The minimum atomic E-state index is -0.468. The molecule has 0 amide bonds. The molecule has 25 heavy (non-hydrogen) atoms. The van der Waals surface area contributed by atoms with Gasteiger partial charge in [-0.1, -0.05) is 33.7 Å². The maximum atomic E-state index is 11.2. The molecule has 128 valence electrons. The van der Waals surface area contributed by atoms with Crippen LogP contribution in [-0.2, 0) is 6.54 Å². The number of nitro benzene ring substituents is 1.